The van der Waals surface area contributed by atoms with Crippen LogP contribution in [0.3, 0.4) is 0 Å². The largest absolute Gasteiger partial charge is 0.469 e. The van der Waals surface area contributed by atoms with Crippen LogP contribution in [0.1, 0.15) is 59.3 Å². The molecule has 0 fully saturated rings. The number of carbonyl (C=O) groups is 1. The van der Waals surface area contributed by atoms with E-state index >= 15 is 0 Å². The summed E-state index contributed by atoms with van der Waals surface area (Å²) in [4.78, 5) is 15.4. The van der Waals surface area contributed by atoms with Gasteiger partial charge in [0.25, 0.3) is 0 Å². The molecule has 0 radical (unpaired) electrons. The molecular formula is C15H31N3O2. The fraction of sp³-hybridized carbons (Fsp3) is 0.867. The van der Waals surface area contributed by atoms with Crippen molar-refractivity contribution in [3.63, 3.8) is 0 Å². The number of carbonyl (C=O) groups excluding carboxylic acids is 1. The SMILES string of the molecule is CCCCCCC(C)NC(=NCCC(=O)OC)NCC. The molecule has 0 rings (SSSR count). The van der Waals surface area contributed by atoms with Crippen molar-refractivity contribution in [1.29, 1.82) is 0 Å². The van der Waals surface area contributed by atoms with E-state index in [4.69, 9.17) is 0 Å². The van der Waals surface area contributed by atoms with Crippen LogP contribution in [-0.2, 0) is 9.53 Å². The molecule has 2 N–H and O–H groups in total. The summed E-state index contributed by atoms with van der Waals surface area (Å²) in [5.74, 6) is 0.552. The molecule has 118 valence electrons. The van der Waals surface area contributed by atoms with Gasteiger partial charge in [-0.05, 0) is 20.3 Å². The molecule has 20 heavy (non-hydrogen) atoms. The van der Waals surface area contributed by atoms with Gasteiger partial charge in [0.05, 0.1) is 20.1 Å². The third-order valence-electron chi connectivity index (χ3n) is 3.03. The van der Waals surface area contributed by atoms with E-state index in [1.54, 1.807) is 0 Å². The Kier molecular flexibility index (Phi) is 12.0. The van der Waals surface area contributed by atoms with Crippen LogP contribution >= 0.6 is 0 Å². The van der Waals surface area contributed by atoms with E-state index in [1.807, 2.05) is 6.92 Å². The number of hydrogen-bond donors (Lipinski definition) is 2. The first-order valence-corrected chi connectivity index (χ1v) is 7.75. The van der Waals surface area contributed by atoms with Crippen LogP contribution < -0.4 is 10.6 Å². The molecule has 0 aromatic heterocycles. The molecule has 0 aliphatic carbocycles. The van der Waals surface area contributed by atoms with Crippen molar-refractivity contribution in [2.45, 2.75) is 65.3 Å². The fourth-order valence-electron chi connectivity index (χ4n) is 1.86. The molecule has 0 saturated carbocycles. The zero-order chi connectivity index (χ0) is 15.2. The number of methoxy groups -OCH3 is 1. The summed E-state index contributed by atoms with van der Waals surface area (Å²) >= 11 is 0. The minimum absolute atomic E-state index is 0.225. The molecule has 0 aromatic carbocycles. The maximum atomic E-state index is 11.0. The van der Waals surface area contributed by atoms with Crippen LogP contribution in [0.2, 0.25) is 0 Å². The van der Waals surface area contributed by atoms with Gasteiger partial charge in [-0.1, -0.05) is 32.6 Å². The van der Waals surface area contributed by atoms with Gasteiger partial charge < -0.3 is 15.4 Å². The Balaban J connectivity index is 4.03. The predicted molar refractivity (Wildman–Crippen MR) is 84.0 cm³/mol. The Morgan fingerprint density at radius 1 is 1.25 bits per heavy atom. The highest BCUT2D eigenvalue weighted by Crippen LogP contribution is 2.05. The van der Waals surface area contributed by atoms with E-state index in [9.17, 15) is 4.79 Å². The Bertz CT molecular complexity index is 280. The number of ether oxygens (including phenoxy) is 1. The third-order valence-corrected chi connectivity index (χ3v) is 3.03. The monoisotopic (exact) mass is 285 g/mol. The summed E-state index contributed by atoms with van der Waals surface area (Å²) in [5, 5.41) is 6.57. The van der Waals surface area contributed by atoms with Crippen molar-refractivity contribution in [3.05, 3.63) is 0 Å². The summed E-state index contributed by atoms with van der Waals surface area (Å²) in [6.07, 6.45) is 6.56. The van der Waals surface area contributed by atoms with E-state index in [2.05, 4.69) is 34.2 Å². The Hall–Kier alpha value is -1.26. The smallest absolute Gasteiger partial charge is 0.307 e. The highest BCUT2D eigenvalue weighted by Gasteiger charge is 2.05. The normalized spacial score (nSPS) is 12.9. The Morgan fingerprint density at radius 2 is 2.00 bits per heavy atom. The van der Waals surface area contributed by atoms with Crippen LogP contribution in [0.5, 0.6) is 0 Å². The second-order valence-electron chi connectivity index (χ2n) is 4.98. The molecule has 0 aliphatic rings. The van der Waals surface area contributed by atoms with Gasteiger partial charge in [-0.3, -0.25) is 9.79 Å². The summed E-state index contributed by atoms with van der Waals surface area (Å²) < 4.78 is 4.60. The lowest BCUT2D eigenvalue weighted by Gasteiger charge is -2.17. The van der Waals surface area contributed by atoms with E-state index in [1.165, 1.54) is 32.8 Å². The molecule has 0 aliphatic heterocycles. The highest BCUT2D eigenvalue weighted by molar-refractivity contribution is 5.80. The standard InChI is InChI=1S/C15H31N3O2/c1-5-7-8-9-10-13(3)18-15(16-6-2)17-12-11-14(19)20-4/h13H,5-12H2,1-4H3,(H2,16,17,18). The van der Waals surface area contributed by atoms with Crippen molar-refractivity contribution < 1.29 is 9.53 Å². The Labute approximate surface area is 123 Å². The quantitative estimate of drug-likeness (QED) is 0.280. The first-order valence-electron chi connectivity index (χ1n) is 7.75. The molecule has 0 amide bonds. The van der Waals surface area contributed by atoms with Gasteiger partial charge in [0.15, 0.2) is 5.96 Å². The summed E-state index contributed by atoms with van der Waals surface area (Å²) in [6.45, 7) is 7.68. The van der Waals surface area contributed by atoms with Crippen molar-refractivity contribution in [3.8, 4) is 0 Å². The summed E-state index contributed by atoms with van der Waals surface area (Å²) in [7, 11) is 1.40. The van der Waals surface area contributed by atoms with E-state index < -0.39 is 0 Å². The van der Waals surface area contributed by atoms with Gasteiger partial charge in [-0.2, -0.15) is 0 Å². The number of guanidine groups is 1. The third kappa shape index (κ3) is 10.6. The maximum absolute atomic E-state index is 11.0. The van der Waals surface area contributed by atoms with E-state index in [-0.39, 0.29) is 5.97 Å². The topological polar surface area (TPSA) is 62.7 Å². The first kappa shape index (κ1) is 18.7. The molecule has 0 spiro atoms. The summed E-state index contributed by atoms with van der Waals surface area (Å²) in [6, 6.07) is 0.391. The number of rotatable bonds is 10. The van der Waals surface area contributed by atoms with Gasteiger partial charge in [0.2, 0.25) is 0 Å². The molecular weight excluding hydrogens is 254 g/mol. The number of aliphatic imine (C=N–C) groups is 1. The zero-order valence-corrected chi connectivity index (χ0v) is 13.5. The van der Waals surface area contributed by atoms with Gasteiger partial charge in [-0.25, -0.2) is 0 Å². The van der Waals surface area contributed by atoms with Crippen LogP contribution in [0.25, 0.3) is 0 Å². The number of nitrogens with one attached hydrogen (secondary N) is 2. The number of nitrogens with zero attached hydrogens (tertiary/aromatic N) is 1. The second kappa shape index (κ2) is 12.8. The van der Waals surface area contributed by atoms with Crippen LogP contribution in [0.4, 0.5) is 0 Å². The molecule has 0 aromatic rings. The molecule has 0 heterocycles. The van der Waals surface area contributed by atoms with Gasteiger partial charge >= 0.3 is 5.97 Å². The van der Waals surface area contributed by atoms with Crippen molar-refractivity contribution in [2.75, 3.05) is 20.2 Å². The minimum Gasteiger partial charge on any atom is -0.469 e. The molecule has 0 saturated heterocycles. The van der Waals surface area contributed by atoms with Gasteiger partial charge in [0, 0.05) is 12.6 Å². The van der Waals surface area contributed by atoms with E-state index in [0.29, 0.717) is 19.0 Å². The molecule has 0 bridgehead atoms. The van der Waals surface area contributed by atoms with Crippen molar-refractivity contribution >= 4 is 11.9 Å². The van der Waals surface area contributed by atoms with Gasteiger partial charge in [-0.15, -0.1) is 0 Å². The highest BCUT2D eigenvalue weighted by atomic mass is 16.5. The fourth-order valence-corrected chi connectivity index (χ4v) is 1.86. The van der Waals surface area contributed by atoms with E-state index in [0.717, 1.165) is 18.9 Å². The lowest BCUT2D eigenvalue weighted by molar-refractivity contribution is -0.140. The average molecular weight is 285 g/mol. The van der Waals surface area contributed by atoms with Crippen LogP contribution in [0.15, 0.2) is 4.99 Å². The average Bonchev–Trinajstić information content (AvgIpc) is 2.43. The number of unbranched alkanes of at least 4 members (excludes halogenated alkanes) is 3. The van der Waals surface area contributed by atoms with Crippen molar-refractivity contribution in [2.24, 2.45) is 4.99 Å². The Morgan fingerprint density at radius 3 is 2.60 bits per heavy atom. The predicted octanol–water partition coefficient (Wildman–Crippen LogP) is 2.46. The second-order valence-corrected chi connectivity index (χ2v) is 4.98. The number of hydrogen-bond acceptors (Lipinski definition) is 3. The molecule has 1 unspecified atom stereocenters. The van der Waals surface area contributed by atoms with Crippen molar-refractivity contribution in [1.82, 2.24) is 10.6 Å². The lowest BCUT2D eigenvalue weighted by atomic mass is 10.1. The molecule has 5 nitrogen and oxygen atoms in total. The van der Waals surface area contributed by atoms with Crippen LogP contribution in [-0.4, -0.2) is 38.2 Å². The first-order chi connectivity index (χ1) is 9.63. The number of esters is 1. The lowest BCUT2D eigenvalue weighted by Crippen LogP contribution is -2.42. The van der Waals surface area contributed by atoms with Gasteiger partial charge in [0.1, 0.15) is 0 Å². The van der Waals surface area contributed by atoms with Crippen LogP contribution in [0, 0.1) is 0 Å². The maximum Gasteiger partial charge on any atom is 0.307 e. The molecule has 1 atom stereocenters. The minimum atomic E-state index is -0.225. The molecule has 5 heteroatoms. The summed E-state index contributed by atoms with van der Waals surface area (Å²) in [5.41, 5.74) is 0. The zero-order valence-electron chi connectivity index (χ0n) is 13.5.